The van der Waals surface area contributed by atoms with Crippen LogP contribution in [0.2, 0.25) is 0 Å². The summed E-state index contributed by atoms with van der Waals surface area (Å²) in [4.78, 5) is 14.5. The molecule has 12 heavy (non-hydrogen) atoms. The van der Waals surface area contributed by atoms with E-state index in [1.54, 1.807) is 16.2 Å². The molecule has 0 aliphatic carbocycles. The molecule has 0 radical (unpaired) electrons. The second kappa shape index (κ2) is 2.85. The molecule has 0 bridgehead atoms. The average Bonchev–Trinajstić information content (AvgIpc) is 2.39. The molecule has 2 nitrogen and oxygen atoms in total. The number of likely N-dealkylation sites (N-methyl/N-ethyl adjacent to an activating group) is 1. The maximum absolute atomic E-state index is 11.5. The summed E-state index contributed by atoms with van der Waals surface area (Å²) < 4.78 is 1.05. The van der Waals surface area contributed by atoms with Gasteiger partial charge < -0.3 is 4.90 Å². The minimum Gasteiger partial charge on any atom is -0.341 e. The van der Waals surface area contributed by atoms with Crippen LogP contribution in [0.3, 0.4) is 0 Å². The monoisotopic (exact) mass is 245 g/mol. The fraction of sp³-hybridized carbons (Fsp3) is 0.375. The highest BCUT2D eigenvalue weighted by Gasteiger charge is 2.23. The topological polar surface area (TPSA) is 20.3 Å². The maximum Gasteiger partial charge on any atom is 0.254 e. The molecule has 0 spiro atoms. The first-order chi connectivity index (χ1) is 5.68. The molecule has 1 aromatic heterocycles. The van der Waals surface area contributed by atoms with Crippen molar-refractivity contribution in [2.75, 3.05) is 13.6 Å². The van der Waals surface area contributed by atoms with Crippen molar-refractivity contribution in [2.45, 2.75) is 6.42 Å². The standard InChI is InChI=1S/C8H8BrNOS/c1-10-3-2-6-5(8(10)11)4-7(9)12-6/h4H,2-3H2,1H3. The summed E-state index contributed by atoms with van der Waals surface area (Å²) in [5.41, 5.74) is 0.876. The normalized spacial score (nSPS) is 16.5. The molecular weight excluding hydrogens is 238 g/mol. The van der Waals surface area contributed by atoms with E-state index >= 15 is 0 Å². The highest BCUT2D eigenvalue weighted by Crippen LogP contribution is 2.30. The van der Waals surface area contributed by atoms with Crippen LogP contribution in [-0.2, 0) is 6.42 Å². The van der Waals surface area contributed by atoms with Gasteiger partial charge in [0.1, 0.15) is 0 Å². The number of halogens is 1. The van der Waals surface area contributed by atoms with Crippen molar-refractivity contribution < 1.29 is 4.79 Å². The van der Waals surface area contributed by atoms with E-state index in [-0.39, 0.29) is 5.91 Å². The molecule has 1 aliphatic heterocycles. The van der Waals surface area contributed by atoms with Crippen LogP contribution < -0.4 is 0 Å². The molecule has 0 aromatic carbocycles. The number of fused-ring (bicyclic) bond motifs is 1. The van der Waals surface area contributed by atoms with Crippen molar-refractivity contribution in [3.05, 3.63) is 20.3 Å². The lowest BCUT2D eigenvalue weighted by atomic mass is 10.1. The maximum atomic E-state index is 11.5. The quantitative estimate of drug-likeness (QED) is 0.686. The van der Waals surface area contributed by atoms with E-state index in [1.807, 2.05) is 13.1 Å². The average molecular weight is 246 g/mol. The van der Waals surface area contributed by atoms with Crippen molar-refractivity contribution in [3.63, 3.8) is 0 Å². The summed E-state index contributed by atoms with van der Waals surface area (Å²) in [6.07, 6.45) is 0.994. The number of rotatable bonds is 0. The van der Waals surface area contributed by atoms with Crippen molar-refractivity contribution in [1.82, 2.24) is 4.90 Å². The summed E-state index contributed by atoms with van der Waals surface area (Å²) in [6, 6.07) is 1.91. The van der Waals surface area contributed by atoms with Crippen molar-refractivity contribution in [1.29, 1.82) is 0 Å². The highest BCUT2D eigenvalue weighted by molar-refractivity contribution is 9.11. The fourth-order valence-electron chi connectivity index (χ4n) is 1.34. The van der Waals surface area contributed by atoms with Crippen LogP contribution in [0.25, 0.3) is 0 Å². The first-order valence-electron chi connectivity index (χ1n) is 3.72. The Labute approximate surface area is 83.3 Å². The first kappa shape index (κ1) is 8.26. The zero-order valence-electron chi connectivity index (χ0n) is 6.63. The molecule has 2 rings (SSSR count). The molecule has 0 atom stereocenters. The smallest absolute Gasteiger partial charge is 0.254 e. The third-order valence-corrected chi connectivity index (χ3v) is 3.73. The number of hydrogen-bond donors (Lipinski definition) is 0. The SMILES string of the molecule is CN1CCc2sc(Br)cc2C1=O. The van der Waals surface area contributed by atoms with E-state index in [0.29, 0.717) is 0 Å². The van der Waals surface area contributed by atoms with Gasteiger partial charge in [-0.1, -0.05) is 0 Å². The van der Waals surface area contributed by atoms with Crippen LogP contribution in [0, 0.1) is 0 Å². The molecule has 0 saturated carbocycles. The molecule has 0 N–H and O–H groups in total. The first-order valence-corrected chi connectivity index (χ1v) is 5.33. The molecular formula is C8H8BrNOS. The van der Waals surface area contributed by atoms with Crippen molar-refractivity contribution in [3.8, 4) is 0 Å². The summed E-state index contributed by atoms with van der Waals surface area (Å²) in [7, 11) is 1.84. The van der Waals surface area contributed by atoms with Gasteiger partial charge in [0.2, 0.25) is 0 Å². The molecule has 1 amide bonds. The molecule has 0 saturated heterocycles. The Bertz CT molecular complexity index is 334. The largest absolute Gasteiger partial charge is 0.341 e. The van der Waals surface area contributed by atoms with Crippen LogP contribution >= 0.6 is 27.3 Å². The Morgan fingerprint density at radius 2 is 2.42 bits per heavy atom. The van der Waals surface area contributed by atoms with Crippen LogP contribution in [0.1, 0.15) is 15.2 Å². The molecule has 2 heterocycles. The summed E-state index contributed by atoms with van der Waals surface area (Å²) in [5.74, 6) is 0.151. The lowest BCUT2D eigenvalue weighted by molar-refractivity contribution is 0.0782. The van der Waals surface area contributed by atoms with Crippen LogP contribution in [0.15, 0.2) is 9.85 Å². The molecule has 4 heteroatoms. The van der Waals surface area contributed by atoms with Gasteiger partial charge in [-0.15, -0.1) is 11.3 Å². The Morgan fingerprint density at radius 3 is 3.17 bits per heavy atom. The van der Waals surface area contributed by atoms with Crippen molar-refractivity contribution in [2.24, 2.45) is 0 Å². The van der Waals surface area contributed by atoms with Crippen LogP contribution in [-0.4, -0.2) is 24.4 Å². The fourth-order valence-corrected chi connectivity index (χ4v) is 3.02. The summed E-state index contributed by atoms with van der Waals surface area (Å²) >= 11 is 5.05. The van der Waals surface area contributed by atoms with E-state index in [0.717, 1.165) is 22.3 Å². The van der Waals surface area contributed by atoms with Gasteiger partial charge in [0.25, 0.3) is 5.91 Å². The zero-order valence-corrected chi connectivity index (χ0v) is 9.04. The second-order valence-corrected chi connectivity index (χ2v) is 5.38. The molecule has 1 aromatic rings. The third-order valence-electron chi connectivity index (χ3n) is 2.03. The predicted molar refractivity (Wildman–Crippen MR) is 52.7 cm³/mol. The number of nitrogens with zero attached hydrogens (tertiary/aromatic N) is 1. The van der Waals surface area contributed by atoms with Gasteiger partial charge in [0.05, 0.1) is 9.35 Å². The van der Waals surface area contributed by atoms with Gasteiger partial charge in [0.15, 0.2) is 0 Å². The minimum atomic E-state index is 0.151. The number of carbonyl (C=O) groups excluding carboxylic acids is 1. The van der Waals surface area contributed by atoms with Gasteiger partial charge in [-0.2, -0.15) is 0 Å². The van der Waals surface area contributed by atoms with E-state index < -0.39 is 0 Å². The van der Waals surface area contributed by atoms with Gasteiger partial charge in [-0.25, -0.2) is 0 Å². The number of carbonyl (C=O) groups is 1. The van der Waals surface area contributed by atoms with E-state index in [4.69, 9.17) is 0 Å². The Hall–Kier alpha value is -0.350. The molecule has 0 unspecified atom stereocenters. The second-order valence-electron chi connectivity index (χ2n) is 2.86. The third kappa shape index (κ3) is 1.19. The predicted octanol–water partition coefficient (Wildman–Crippen LogP) is 2.14. The number of thiophene rings is 1. The molecule has 64 valence electrons. The van der Waals surface area contributed by atoms with Gasteiger partial charge in [0, 0.05) is 24.9 Å². The van der Waals surface area contributed by atoms with E-state index in [1.165, 1.54) is 4.88 Å². The highest BCUT2D eigenvalue weighted by atomic mass is 79.9. The molecule has 0 fully saturated rings. The zero-order chi connectivity index (χ0) is 8.72. The van der Waals surface area contributed by atoms with Crippen LogP contribution in [0.4, 0.5) is 0 Å². The van der Waals surface area contributed by atoms with E-state index in [2.05, 4.69) is 15.9 Å². The summed E-state index contributed by atoms with van der Waals surface area (Å²) in [5, 5.41) is 0. The van der Waals surface area contributed by atoms with Crippen molar-refractivity contribution >= 4 is 33.2 Å². The molecule has 1 aliphatic rings. The lowest BCUT2D eigenvalue weighted by Gasteiger charge is -2.21. The van der Waals surface area contributed by atoms with Crippen LogP contribution in [0.5, 0.6) is 0 Å². The van der Waals surface area contributed by atoms with Gasteiger partial charge >= 0.3 is 0 Å². The minimum absolute atomic E-state index is 0.151. The van der Waals surface area contributed by atoms with Gasteiger partial charge in [-0.3, -0.25) is 4.79 Å². The summed E-state index contributed by atoms with van der Waals surface area (Å²) in [6.45, 7) is 0.846. The lowest BCUT2D eigenvalue weighted by Crippen LogP contribution is -2.32. The Morgan fingerprint density at radius 1 is 1.67 bits per heavy atom. The Balaban J connectivity index is 2.48. The van der Waals surface area contributed by atoms with E-state index in [9.17, 15) is 4.79 Å². The van der Waals surface area contributed by atoms with Gasteiger partial charge in [-0.05, 0) is 22.0 Å². The Kier molecular flexibility index (Phi) is 1.96. The number of hydrogen-bond acceptors (Lipinski definition) is 2. The number of amides is 1.